The Kier molecular flexibility index (Phi) is 4.22. The van der Waals surface area contributed by atoms with Crippen molar-refractivity contribution in [2.75, 3.05) is 10.7 Å². The summed E-state index contributed by atoms with van der Waals surface area (Å²) in [6, 6.07) is 10.3. The third-order valence-corrected chi connectivity index (χ3v) is 4.92. The number of fused-ring (bicyclic) bond motifs is 1. The van der Waals surface area contributed by atoms with Crippen LogP contribution in [0.2, 0.25) is 0 Å². The van der Waals surface area contributed by atoms with Gasteiger partial charge in [-0.15, -0.1) is 11.3 Å². The van der Waals surface area contributed by atoms with E-state index >= 15 is 0 Å². The lowest BCUT2D eigenvalue weighted by Crippen LogP contribution is -2.11. The molecular formula is C14H14IN5S. The van der Waals surface area contributed by atoms with Crippen LogP contribution in [0.15, 0.2) is 30.3 Å². The minimum absolute atomic E-state index is 0.417. The highest BCUT2D eigenvalue weighted by atomic mass is 127. The van der Waals surface area contributed by atoms with Crippen LogP contribution in [0.3, 0.4) is 0 Å². The summed E-state index contributed by atoms with van der Waals surface area (Å²) in [5.41, 5.74) is 3.51. The molecule has 108 valence electrons. The lowest BCUT2D eigenvalue weighted by Gasteiger charge is -2.08. The van der Waals surface area contributed by atoms with Crippen molar-refractivity contribution in [3.05, 3.63) is 38.8 Å². The Morgan fingerprint density at radius 1 is 1.24 bits per heavy atom. The van der Waals surface area contributed by atoms with E-state index in [1.54, 1.807) is 11.3 Å². The number of nitrogens with zero attached hydrogens (tertiary/aromatic N) is 2. The van der Waals surface area contributed by atoms with E-state index in [4.69, 9.17) is 5.84 Å². The molecule has 0 fully saturated rings. The Bertz CT molecular complexity index is 769. The van der Waals surface area contributed by atoms with Gasteiger partial charge in [-0.3, -0.25) is 5.43 Å². The number of hydrogen-bond acceptors (Lipinski definition) is 6. The van der Waals surface area contributed by atoms with Gasteiger partial charge >= 0.3 is 0 Å². The van der Waals surface area contributed by atoms with Crippen molar-refractivity contribution < 1.29 is 0 Å². The second kappa shape index (κ2) is 6.12. The molecule has 2 heterocycles. The predicted molar refractivity (Wildman–Crippen MR) is 97.0 cm³/mol. The minimum Gasteiger partial charge on any atom is -0.340 e. The number of nitrogens with two attached hydrogens (primary N) is 1. The Hall–Kier alpha value is -1.45. The number of aromatic nitrogens is 2. The monoisotopic (exact) mass is 411 g/mol. The van der Waals surface area contributed by atoms with Crippen LogP contribution in [-0.4, -0.2) is 9.97 Å². The Morgan fingerprint density at radius 3 is 2.67 bits per heavy atom. The van der Waals surface area contributed by atoms with Gasteiger partial charge in [-0.25, -0.2) is 10.8 Å². The molecular weight excluding hydrogens is 397 g/mol. The second-order valence-corrected chi connectivity index (χ2v) is 6.82. The van der Waals surface area contributed by atoms with Crippen molar-refractivity contribution >= 4 is 61.6 Å². The molecule has 0 aliphatic heterocycles. The van der Waals surface area contributed by atoms with E-state index in [-0.39, 0.29) is 0 Å². The molecule has 7 heteroatoms. The van der Waals surface area contributed by atoms with Gasteiger partial charge in [-0.1, -0.05) is 6.92 Å². The Labute approximate surface area is 140 Å². The SMILES string of the molecule is CCc1cc2c(Nc3ccc(I)cc3)nc(NN)nc2s1. The lowest BCUT2D eigenvalue weighted by atomic mass is 10.3. The molecule has 0 saturated heterocycles. The molecule has 3 rings (SSSR count). The topological polar surface area (TPSA) is 75.9 Å². The molecule has 0 atom stereocenters. The number of thiophene rings is 1. The van der Waals surface area contributed by atoms with E-state index in [0.29, 0.717) is 5.95 Å². The van der Waals surface area contributed by atoms with Gasteiger partial charge in [-0.2, -0.15) is 4.98 Å². The number of nitrogens with one attached hydrogen (secondary N) is 2. The van der Waals surface area contributed by atoms with Crippen LogP contribution < -0.4 is 16.6 Å². The zero-order chi connectivity index (χ0) is 14.8. The van der Waals surface area contributed by atoms with Gasteiger partial charge < -0.3 is 5.32 Å². The summed E-state index contributed by atoms with van der Waals surface area (Å²) in [5.74, 6) is 6.65. The van der Waals surface area contributed by atoms with Crippen molar-refractivity contribution in [3.8, 4) is 0 Å². The first kappa shape index (κ1) is 14.5. The summed E-state index contributed by atoms with van der Waals surface area (Å²) in [4.78, 5) is 11.1. The molecule has 0 bridgehead atoms. The van der Waals surface area contributed by atoms with Crippen LogP contribution in [0.4, 0.5) is 17.5 Å². The number of halogens is 1. The highest BCUT2D eigenvalue weighted by molar-refractivity contribution is 14.1. The maximum atomic E-state index is 5.46. The van der Waals surface area contributed by atoms with Gasteiger partial charge in [0.15, 0.2) is 0 Å². The first-order valence-corrected chi connectivity index (χ1v) is 8.38. The molecule has 0 saturated carbocycles. The van der Waals surface area contributed by atoms with Crippen LogP contribution >= 0.6 is 33.9 Å². The van der Waals surface area contributed by atoms with Gasteiger partial charge in [0.1, 0.15) is 10.6 Å². The third kappa shape index (κ3) is 3.09. The molecule has 0 amide bonds. The molecule has 0 radical (unpaired) electrons. The van der Waals surface area contributed by atoms with Crippen molar-refractivity contribution in [3.63, 3.8) is 0 Å². The van der Waals surface area contributed by atoms with Crippen LogP contribution in [0.25, 0.3) is 10.2 Å². The summed E-state index contributed by atoms with van der Waals surface area (Å²) in [6.45, 7) is 2.13. The van der Waals surface area contributed by atoms with Crippen LogP contribution in [-0.2, 0) is 6.42 Å². The minimum atomic E-state index is 0.417. The smallest absolute Gasteiger partial charge is 0.240 e. The van der Waals surface area contributed by atoms with Crippen molar-refractivity contribution in [2.45, 2.75) is 13.3 Å². The van der Waals surface area contributed by atoms with Gasteiger partial charge in [0.05, 0.1) is 5.39 Å². The molecule has 4 N–H and O–H groups in total. The predicted octanol–water partition coefficient (Wildman–Crippen LogP) is 3.89. The van der Waals surface area contributed by atoms with E-state index in [1.165, 1.54) is 8.45 Å². The number of nitrogen functional groups attached to an aromatic ring is 1. The molecule has 0 spiro atoms. The summed E-state index contributed by atoms with van der Waals surface area (Å²) in [5, 5.41) is 4.37. The fourth-order valence-electron chi connectivity index (χ4n) is 1.98. The van der Waals surface area contributed by atoms with E-state index < -0.39 is 0 Å². The fraction of sp³-hybridized carbons (Fsp3) is 0.143. The summed E-state index contributed by atoms with van der Waals surface area (Å²) >= 11 is 3.95. The third-order valence-electron chi connectivity index (χ3n) is 3.03. The molecule has 0 unspecified atom stereocenters. The summed E-state index contributed by atoms with van der Waals surface area (Å²) in [6.07, 6.45) is 0.982. The first-order chi connectivity index (χ1) is 10.2. The maximum Gasteiger partial charge on any atom is 0.240 e. The van der Waals surface area contributed by atoms with Gasteiger partial charge in [0.2, 0.25) is 5.95 Å². The molecule has 0 aliphatic carbocycles. The van der Waals surface area contributed by atoms with Crippen LogP contribution in [0, 0.1) is 3.57 Å². The molecule has 0 aliphatic rings. The van der Waals surface area contributed by atoms with Crippen molar-refractivity contribution in [1.29, 1.82) is 0 Å². The lowest BCUT2D eigenvalue weighted by molar-refractivity contribution is 1.16. The summed E-state index contributed by atoms with van der Waals surface area (Å²) in [7, 11) is 0. The average Bonchev–Trinajstić information content (AvgIpc) is 2.92. The zero-order valence-electron chi connectivity index (χ0n) is 11.4. The average molecular weight is 411 g/mol. The number of rotatable bonds is 4. The number of benzene rings is 1. The van der Waals surface area contributed by atoms with Gasteiger partial charge in [0.25, 0.3) is 0 Å². The molecule has 21 heavy (non-hydrogen) atoms. The maximum absolute atomic E-state index is 5.46. The van der Waals surface area contributed by atoms with Gasteiger partial charge in [-0.05, 0) is 59.3 Å². The van der Waals surface area contributed by atoms with E-state index in [0.717, 1.165) is 28.1 Å². The normalized spacial score (nSPS) is 10.8. The van der Waals surface area contributed by atoms with Crippen LogP contribution in [0.5, 0.6) is 0 Å². The Morgan fingerprint density at radius 2 is 2.00 bits per heavy atom. The molecule has 5 nitrogen and oxygen atoms in total. The van der Waals surface area contributed by atoms with Crippen LogP contribution in [0.1, 0.15) is 11.8 Å². The summed E-state index contributed by atoms with van der Waals surface area (Å²) < 4.78 is 1.19. The van der Waals surface area contributed by atoms with Crippen molar-refractivity contribution in [2.24, 2.45) is 5.84 Å². The number of anilines is 3. The molecule has 2 aromatic heterocycles. The number of aryl methyl sites for hydroxylation is 1. The second-order valence-electron chi connectivity index (χ2n) is 4.46. The fourth-order valence-corrected chi connectivity index (χ4v) is 3.30. The first-order valence-electron chi connectivity index (χ1n) is 6.49. The quantitative estimate of drug-likeness (QED) is 0.345. The van der Waals surface area contributed by atoms with E-state index in [1.807, 2.05) is 12.1 Å². The molecule has 1 aromatic carbocycles. The zero-order valence-corrected chi connectivity index (χ0v) is 14.3. The number of hydrogen-bond donors (Lipinski definition) is 3. The largest absolute Gasteiger partial charge is 0.340 e. The standard InChI is InChI=1S/C14H14IN5S/c1-2-10-7-11-12(17-9-5-3-8(15)4-6-9)18-14(20-16)19-13(11)21-10/h3-7H,2,16H2,1H3,(H2,17,18,19,20). The van der Waals surface area contributed by atoms with E-state index in [2.05, 4.69) is 68.4 Å². The van der Waals surface area contributed by atoms with E-state index in [9.17, 15) is 0 Å². The highest BCUT2D eigenvalue weighted by Gasteiger charge is 2.11. The van der Waals surface area contributed by atoms with Gasteiger partial charge in [0, 0.05) is 14.1 Å². The highest BCUT2D eigenvalue weighted by Crippen LogP contribution is 2.31. The Balaban J connectivity index is 2.06. The van der Waals surface area contributed by atoms with Crippen molar-refractivity contribution in [1.82, 2.24) is 9.97 Å². The molecule has 3 aromatic rings. The number of hydrazine groups is 1.